The Balaban J connectivity index is 1.37. The summed E-state index contributed by atoms with van der Waals surface area (Å²) < 4.78 is 41.3. The van der Waals surface area contributed by atoms with Gasteiger partial charge in [0.1, 0.15) is 5.75 Å². The third kappa shape index (κ3) is 7.53. The predicted octanol–water partition coefficient (Wildman–Crippen LogP) is 8.25. The minimum atomic E-state index is -4.61. The zero-order valence-electron chi connectivity index (χ0n) is 17.9. The number of rotatable bonds is 9. The highest BCUT2D eigenvalue weighted by atomic mass is 19.4. The number of aryl methyl sites for hydroxylation is 1. The molecule has 1 unspecified atom stereocenters. The lowest BCUT2D eigenvalue weighted by molar-refractivity contribution is -0.274. The van der Waals surface area contributed by atoms with Gasteiger partial charge in [-0.2, -0.15) is 0 Å². The van der Waals surface area contributed by atoms with E-state index in [4.69, 9.17) is 0 Å². The molecule has 0 radical (unpaired) electrons. The van der Waals surface area contributed by atoms with E-state index in [1.54, 1.807) is 6.07 Å². The average Bonchev–Trinajstić information content (AvgIpc) is 2.69. The van der Waals surface area contributed by atoms with Crippen molar-refractivity contribution in [2.45, 2.75) is 103 Å². The Hall–Kier alpha value is -1.19. The lowest BCUT2D eigenvalue weighted by Crippen LogP contribution is -2.19. The van der Waals surface area contributed by atoms with Crippen LogP contribution in [0, 0.1) is 17.8 Å². The molecule has 1 fully saturated rings. The van der Waals surface area contributed by atoms with Crippen molar-refractivity contribution in [1.82, 2.24) is 0 Å². The monoisotopic (exact) mass is 410 g/mol. The maximum atomic E-state index is 12.4. The van der Waals surface area contributed by atoms with Crippen LogP contribution in [-0.2, 0) is 12.8 Å². The molecule has 1 saturated carbocycles. The summed E-state index contributed by atoms with van der Waals surface area (Å²) in [5.41, 5.74) is 2.25. The van der Waals surface area contributed by atoms with E-state index in [0.717, 1.165) is 36.7 Å². The fourth-order valence-electron chi connectivity index (χ4n) is 5.39. The van der Waals surface area contributed by atoms with Gasteiger partial charge in [-0.25, -0.2) is 0 Å². The fraction of sp³-hybridized carbons (Fsp3) is 0.760. The molecule has 164 valence electrons. The highest BCUT2D eigenvalue weighted by molar-refractivity contribution is 5.37. The second-order valence-corrected chi connectivity index (χ2v) is 9.40. The summed E-state index contributed by atoms with van der Waals surface area (Å²) in [6.07, 6.45) is 13.6. The Kier molecular flexibility index (Phi) is 8.32. The number of benzene rings is 1. The predicted molar refractivity (Wildman–Crippen MR) is 112 cm³/mol. The van der Waals surface area contributed by atoms with Crippen molar-refractivity contribution >= 4 is 0 Å². The van der Waals surface area contributed by atoms with Crippen LogP contribution in [0.3, 0.4) is 0 Å². The number of hydrogen-bond donors (Lipinski definition) is 0. The van der Waals surface area contributed by atoms with Crippen LogP contribution in [0.5, 0.6) is 5.75 Å². The van der Waals surface area contributed by atoms with Crippen LogP contribution in [0.2, 0.25) is 0 Å². The maximum Gasteiger partial charge on any atom is 0.573 e. The Morgan fingerprint density at radius 2 is 1.52 bits per heavy atom. The second-order valence-electron chi connectivity index (χ2n) is 9.40. The molecule has 2 aliphatic rings. The summed E-state index contributed by atoms with van der Waals surface area (Å²) >= 11 is 0. The number of fused-ring (bicyclic) bond motifs is 1. The zero-order chi connectivity index (χ0) is 20.7. The van der Waals surface area contributed by atoms with E-state index >= 15 is 0 Å². The molecule has 1 aromatic carbocycles. The number of unbranched alkanes of at least 4 members (excludes halogenated alkanes) is 3. The molecule has 2 aliphatic carbocycles. The van der Waals surface area contributed by atoms with Crippen molar-refractivity contribution in [3.63, 3.8) is 0 Å². The highest BCUT2D eigenvalue weighted by Gasteiger charge is 2.31. The van der Waals surface area contributed by atoms with Gasteiger partial charge in [0.05, 0.1) is 0 Å². The van der Waals surface area contributed by atoms with E-state index in [-0.39, 0.29) is 5.75 Å². The summed E-state index contributed by atoms with van der Waals surface area (Å²) in [7, 11) is 0. The minimum Gasteiger partial charge on any atom is -0.406 e. The molecule has 0 aromatic heterocycles. The van der Waals surface area contributed by atoms with Gasteiger partial charge in [0, 0.05) is 0 Å². The van der Waals surface area contributed by atoms with Crippen LogP contribution >= 0.6 is 0 Å². The number of ether oxygens (including phenoxy) is 1. The molecule has 0 N–H and O–H groups in total. The first-order chi connectivity index (χ1) is 13.9. The Bertz CT molecular complexity index is 617. The van der Waals surface area contributed by atoms with E-state index in [9.17, 15) is 13.2 Å². The number of hydrogen-bond acceptors (Lipinski definition) is 1. The first-order valence-corrected chi connectivity index (χ1v) is 11.8. The molecule has 0 heterocycles. The molecule has 29 heavy (non-hydrogen) atoms. The van der Waals surface area contributed by atoms with Crippen molar-refractivity contribution in [2.75, 3.05) is 0 Å². The summed E-state index contributed by atoms with van der Waals surface area (Å²) in [5, 5.41) is 0. The summed E-state index contributed by atoms with van der Waals surface area (Å²) in [5.74, 6) is 2.47. The molecule has 0 bridgehead atoms. The summed E-state index contributed by atoms with van der Waals surface area (Å²) in [4.78, 5) is 0. The Morgan fingerprint density at radius 1 is 0.828 bits per heavy atom. The zero-order valence-corrected chi connectivity index (χ0v) is 17.9. The molecular formula is C25H37F3O. The first kappa shape index (κ1) is 22.5. The van der Waals surface area contributed by atoms with Crippen molar-refractivity contribution in [1.29, 1.82) is 0 Å². The third-order valence-electron chi connectivity index (χ3n) is 7.16. The normalized spacial score (nSPS) is 24.9. The fourth-order valence-corrected chi connectivity index (χ4v) is 5.39. The number of halogens is 3. The molecule has 4 heteroatoms. The van der Waals surface area contributed by atoms with E-state index in [1.807, 2.05) is 6.07 Å². The van der Waals surface area contributed by atoms with Crippen LogP contribution in [0.1, 0.15) is 95.1 Å². The molecule has 0 aliphatic heterocycles. The van der Waals surface area contributed by atoms with Crippen LogP contribution in [0.15, 0.2) is 18.2 Å². The van der Waals surface area contributed by atoms with Gasteiger partial charge in [-0.3, -0.25) is 0 Å². The molecule has 3 rings (SSSR count). The van der Waals surface area contributed by atoms with E-state index in [0.29, 0.717) is 5.92 Å². The van der Waals surface area contributed by atoms with Gasteiger partial charge >= 0.3 is 6.36 Å². The van der Waals surface area contributed by atoms with Crippen LogP contribution in [0.25, 0.3) is 0 Å². The van der Waals surface area contributed by atoms with E-state index < -0.39 is 6.36 Å². The van der Waals surface area contributed by atoms with Crippen LogP contribution < -0.4 is 4.74 Å². The van der Waals surface area contributed by atoms with Gasteiger partial charge in [0.15, 0.2) is 0 Å². The van der Waals surface area contributed by atoms with Gasteiger partial charge in [-0.1, -0.05) is 77.2 Å². The molecule has 1 nitrogen and oxygen atoms in total. The quantitative estimate of drug-likeness (QED) is 0.372. The number of alkyl halides is 3. The van der Waals surface area contributed by atoms with Gasteiger partial charge < -0.3 is 4.74 Å². The van der Waals surface area contributed by atoms with Crippen molar-refractivity contribution in [2.24, 2.45) is 17.8 Å². The van der Waals surface area contributed by atoms with Gasteiger partial charge in [-0.15, -0.1) is 13.2 Å². The molecule has 1 atom stereocenters. The first-order valence-electron chi connectivity index (χ1n) is 11.8. The standard InChI is InChI=1S/C25H37F3O/c1-2-3-4-5-6-19-7-9-20(10-8-19)11-12-21-13-14-23-18-24(29-25(26,27)28)16-15-22(23)17-21/h15-16,18-21H,2-14,17H2,1H3. The van der Waals surface area contributed by atoms with Gasteiger partial charge in [0.25, 0.3) is 0 Å². The van der Waals surface area contributed by atoms with Gasteiger partial charge in [-0.05, 0) is 66.7 Å². The van der Waals surface area contributed by atoms with Gasteiger partial charge in [0.2, 0.25) is 0 Å². The van der Waals surface area contributed by atoms with E-state index in [1.165, 1.54) is 82.3 Å². The summed E-state index contributed by atoms with van der Waals surface area (Å²) in [6.45, 7) is 2.27. The van der Waals surface area contributed by atoms with Crippen molar-refractivity contribution in [3.05, 3.63) is 29.3 Å². The summed E-state index contributed by atoms with van der Waals surface area (Å²) in [6, 6.07) is 4.89. The van der Waals surface area contributed by atoms with Crippen LogP contribution in [0.4, 0.5) is 13.2 Å². The highest BCUT2D eigenvalue weighted by Crippen LogP contribution is 2.37. The maximum absolute atomic E-state index is 12.4. The third-order valence-corrected chi connectivity index (χ3v) is 7.16. The van der Waals surface area contributed by atoms with E-state index in [2.05, 4.69) is 11.7 Å². The average molecular weight is 411 g/mol. The second kappa shape index (κ2) is 10.7. The molecule has 0 saturated heterocycles. The SMILES string of the molecule is CCCCCCC1CCC(CCC2CCc3cc(OC(F)(F)F)ccc3C2)CC1. The Morgan fingerprint density at radius 3 is 2.21 bits per heavy atom. The van der Waals surface area contributed by atoms with Crippen molar-refractivity contribution < 1.29 is 17.9 Å². The molecular weight excluding hydrogens is 373 g/mol. The molecule has 1 aromatic rings. The topological polar surface area (TPSA) is 9.23 Å². The molecule has 0 amide bonds. The van der Waals surface area contributed by atoms with Crippen molar-refractivity contribution in [3.8, 4) is 5.75 Å². The smallest absolute Gasteiger partial charge is 0.406 e. The Labute approximate surface area is 174 Å². The minimum absolute atomic E-state index is 0.0823. The van der Waals surface area contributed by atoms with Crippen LogP contribution in [-0.4, -0.2) is 6.36 Å². The largest absolute Gasteiger partial charge is 0.573 e. The lowest BCUT2D eigenvalue weighted by atomic mass is 9.75. The molecule has 0 spiro atoms. The lowest BCUT2D eigenvalue weighted by Gasteiger charge is -2.31.